The molecule has 6 nitrogen and oxygen atoms in total. The Bertz CT molecular complexity index is 647. The number of carbonyl (C=O) groups excluding carboxylic acids is 2. The minimum absolute atomic E-state index is 0.176. The molecule has 1 aromatic carbocycles. The van der Waals surface area contributed by atoms with Crippen LogP contribution in [0.3, 0.4) is 0 Å². The third-order valence-electron chi connectivity index (χ3n) is 4.96. The molecule has 1 heterocycles. The third kappa shape index (κ3) is 6.35. The van der Waals surface area contributed by atoms with Gasteiger partial charge in [-0.2, -0.15) is 0 Å². The number of hydrogen-bond acceptors (Lipinski definition) is 4. The lowest BCUT2D eigenvalue weighted by Gasteiger charge is -2.38. The SMILES string of the molecule is CCC(CC)[C@H](CNC(=O)C(=O)Nc1cc(Cl)ccc1Cl)N1CCOCC1. The topological polar surface area (TPSA) is 70.7 Å². The van der Waals surface area contributed by atoms with Crippen LogP contribution in [-0.4, -0.2) is 55.6 Å². The Morgan fingerprint density at radius 2 is 1.81 bits per heavy atom. The van der Waals surface area contributed by atoms with E-state index in [-0.39, 0.29) is 6.04 Å². The Labute approximate surface area is 170 Å². The zero-order valence-electron chi connectivity index (χ0n) is 15.8. The molecule has 0 aliphatic carbocycles. The van der Waals surface area contributed by atoms with Gasteiger partial charge < -0.3 is 15.4 Å². The predicted molar refractivity (Wildman–Crippen MR) is 108 cm³/mol. The van der Waals surface area contributed by atoms with Crippen molar-refractivity contribution in [3.05, 3.63) is 28.2 Å². The summed E-state index contributed by atoms with van der Waals surface area (Å²) in [5.74, 6) is -1.01. The van der Waals surface area contributed by atoms with Gasteiger partial charge in [-0.15, -0.1) is 0 Å². The Balaban J connectivity index is 1.97. The van der Waals surface area contributed by atoms with Gasteiger partial charge in [-0.05, 0) is 24.1 Å². The Hall–Kier alpha value is -1.34. The predicted octanol–water partition coefficient (Wildman–Crippen LogP) is 3.19. The van der Waals surface area contributed by atoms with Crippen LogP contribution in [-0.2, 0) is 14.3 Å². The number of rotatable bonds is 7. The molecule has 2 amide bonds. The number of ether oxygens (including phenoxy) is 1. The van der Waals surface area contributed by atoms with Gasteiger partial charge >= 0.3 is 11.8 Å². The summed E-state index contributed by atoms with van der Waals surface area (Å²) in [5.41, 5.74) is 0.314. The van der Waals surface area contributed by atoms with E-state index in [4.69, 9.17) is 27.9 Å². The number of anilines is 1. The van der Waals surface area contributed by atoms with E-state index in [2.05, 4.69) is 29.4 Å². The van der Waals surface area contributed by atoms with Gasteiger partial charge in [-0.25, -0.2) is 0 Å². The van der Waals surface area contributed by atoms with Gasteiger partial charge in [0.25, 0.3) is 0 Å². The summed E-state index contributed by atoms with van der Waals surface area (Å²) in [4.78, 5) is 26.8. The molecule has 1 fully saturated rings. The largest absolute Gasteiger partial charge is 0.379 e. The summed E-state index contributed by atoms with van der Waals surface area (Å²) < 4.78 is 5.43. The molecule has 0 unspecified atom stereocenters. The first-order chi connectivity index (χ1) is 13.0. The summed E-state index contributed by atoms with van der Waals surface area (Å²) >= 11 is 11.9. The van der Waals surface area contributed by atoms with Gasteiger partial charge in [0, 0.05) is 30.7 Å². The van der Waals surface area contributed by atoms with Gasteiger partial charge in [0.1, 0.15) is 0 Å². The van der Waals surface area contributed by atoms with E-state index in [9.17, 15) is 9.59 Å². The highest BCUT2D eigenvalue weighted by atomic mass is 35.5. The Kier molecular flexibility index (Phi) is 8.83. The minimum Gasteiger partial charge on any atom is -0.379 e. The lowest BCUT2D eigenvalue weighted by atomic mass is 9.92. The second-order valence-corrected chi connectivity index (χ2v) is 7.42. The summed E-state index contributed by atoms with van der Waals surface area (Å²) in [5, 5.41) is 6.03. The number of hydrogen-bond donors (Lipinski definition) is 2. The Morgan fingerprint density at radius 1 is 1.15 bits per heavy atom. The lowest BCUT2D eigenvalue weighted by Crippen LogP contribution is -2.53. The van der Waals surface area contributed by atoms with Crippen LogP contribution in [0, 0.1) is 5.92 Å². The minimum atomic E-state index is -0.760. The quantitative estimate of drug-likeness (QED) is 0.670. The van der Waals surface area contributed by atoms with Crippen molar-refractivity contribution >= 4 is 40.7 Å². The van der Waals surface area contributed by atoms with Gasteiger partial charge in [-0.1, -0.05) is 49.9 Å². The van der Waals surface area contributed by atoms with Gasteiger partial charge in [-0.3, -0.25) is 14.5 Å². The summed E-state index contributed by atoms with van der Waals surface area (Å²) in [6, 6.07) is 4.87. The van der Waals surface area contributed by atoms with Crippen molar-refractivity contribution < 1.29 is 14.3 Å². The molecular weight excluding hydrogens is 389 g/mol. The van der Waals surface area contributed by atoms with Gasteiger partial charge in [0.2, 0.25) is 0 Å². The molecular formula is C19H27Cl2N3O3. The van der Waals surface area contributed by atoms with E-state index < -0.39 is 11.8 Å². The van der Waals surface area contributed by atoms with Crippen LogP contribution in [0.25, 0.3) is 0 Å². The van der Waals surface area contributed by atoms with Crippen molar-refractivity contribution in [1.82, 2.24) is 10.2 Å². The standard InChI is InChI=1S/C19H27Cl2N3O3/c1-3-13(4-2)17(24-7-9-27-10-8-24)12-22-18(25)19(26)23-16-11-14(20)5-6-15(16)21/h5-6,11,13,17H,3-4,7-10,12H2,1-2H3,(H,22,25)(H,23,26)/t17-/m0/s1. The third-order valence-corrected chi connectivity index (χ3v) is 5.53. The van der Waals surface area contributed by atoms with Crippen molar-refractivity contribution in [2.75, 3.05) is 38.2 Å². The van der Waals surface area contributed by atoms with Crippen molar-refractivity contribution in [2.45, 2.75) is 32.7 Å². The molecule has 1 aromatic rings. The van der Waals surface area contributed by atoms with Crippen LogP contribution in [0.1, 0.15) is 26.7 Å². The summed E-state index contributed by atoms with van der Waals surface area (Å²) in [6.07, 6.45) is 2.03. The smallest absolute Gasteiger partial charge is 0.313 e. The maximum atomic E-state index is 12.3. The number of amides is 2. The molecule has 8 heteroatoms. The molecule has 150 valence electrons. The maximum absolute atomic E-state index is 12.3. The van der Waals surface area contributed by atoms with Crippen LogP contribution in [0.2, 0.25) is 10.0 Å². The van der Waals surface area contributed by atoms with Crippen molar-refractivity contribution in [3.8, 4) is 0 Å². The normalized spacial score (nSPS) is 16.2. The first kappa shape index (κ1) is 22.0. The zero-order valence-corrected chi connectivity index (χ0v) is 17.3. The first-order valence-electron chi connectivity index (χ1n) is 9.32. The highest BCUT2D eigenvalue weighted by Crippen LogP contribution is 2.25. The number of morpholine rings is 1. The highest BCUT2D eigenvalue weighted by Gasteiger charge is 2.28. The number of carbonyl (C=O) groups is 2. The summed E-state index contributed by atoms with van der Waals surface area (Å²) in [7, 11) is 0. The van der Waals surface area contributed by atoms with Crippen LogP contribution in [0.4, 0.5) is 5.69 Å². The molecule has 2 N–H and O–H groups in total. The fraction of sp³-hybridized carbons (Fsp3) is 0.579. The van der Waals surface area contributed by atoms with E-state index in [0.29, 0.717) is 41.4 Å². The van der Waals surface area contributed by atoms with E-state index in [1.165, 1.54) is 6.07 Å². The van der Waals surface area contributed by atoms with E-state index in [1.54, 1.807) is 12.1 Å². The van der Waals surface area contributed by atoms with Crippen molar-refractivity contribution in [1.29, 1.82) is 0 Å². The van der Waals surface area contributed by atoms with Crippen LogP contribution >= 0.6 is 23.2 Å². The molecule has 1 aliphatic heterocycles. The average Bonchev–Trinajstić information content (AvgIpc) is 2.68. The Morgan fingerprint density at radius 3 is 2.44 bits per heavy atom. The van der Waals surface area contributed by atoms with Crippen LogP contribution < -0.4 is 10.6 Å². The number of nitrogens with zero attached hydrogens (tertiary/aromatic N) is 1. The first-order valence-corrected chi connectivity index (χ1v) is 10.1. The van der Waals surface area contributed by atoms with E-state index >= 15 is 0 Å². The molecule has 0 spiro atoms. The van der Waals surface area contributed by atoms with Gasteiger partial charge in [0.05, 0.1) is 23.9 Å². The number of halogens is 2. The molecule has 2 rings (SSSR count). The lowest BCUT2D eigenvalue weighted by molar-refractivity contribution is -0.136. The second-order valence-electron chi connectivity index (χ2n) is 6.58. The molecule has 0 saturated carbocycles. The molecule has 1 aliphatic rings. The maximum Gasteiger partial charge on any atom is 0.313 e. The average molecular weight is 416 g/mol. The summed E-state index contributed by atoms with van der Waals surface area (Å²) in [6.45, 7) is 7.77. The molecule has 0 aromatic heterocycles. The van der Waals surface area contributed by atoms with E-state index in [1.807, 2.05) is 0 Å². The molecule has 0 radical (unpaired) electrons. The molecule has 1 saturated heterocycles. The molecule has 0 bridgehead atoms. The molecule has 27 heavy (non-hydrogen) atoms. The van der Waals surface area contributed by atoms with Crippen LogP contribution in [0.15, 0.2) is 18.2 Å². The van der Waals surface area contributed by atoms with Crippen molar-refractivity contribution in [3.63, 3.8) is 0 Å². The zero-order chi connectivity index (χ0) is 19.8. The fourth-order valence-corrected chi connectivity index (χ4v) is 3.72. The van der Waals surface area contributed by atoms with Gasteiger partial charge in [0.15, 0.2) is 0 Å². The molecule has 1 atom stereocenters. The van der Waals surface area contributed by atoms with Crippen LogP contribution in [0.5, 0.6) is 0 Å². The number of nitrogens with one attached hydrogen (secondary N) is 2. The monoisotopic (exact) mass is 415 g/mol. The fourth-order valence-electron chi connectivity index (χ4n) is 3.39. The van der Waals surface area contributed by atoms with E-state index in [0.717, 1.165) is 25.9 Å². The second kappa shape index (κ2) is 10.9. The van der Waals surface area contributed by atoms with Crippen molar-refractivity contribution in [2.24, 2.45) is 5.92 Å². The number of benzene rings is 1. The highest BCUT2D eigenvalue weighted by molar-refractivity contribution is 6.42.